The van der Waals surface area contributed by atoms with Gasteiger partial charge in [-0.15, -0.1) is 10.2 Å². The first-order valence-electron chi connectivity index (χ1n) is 6.96. The molecule has 1 aromatic heterocycles. The average molecular weight is 334 g/mol. The largest absolute Gasteiger partial charge is 0.411 e. The second-order valence-corrected chi connectivity index (χ2v) is 5.97. The van der Waals surface area contributed by atoms with E-state index in [1.54, 1.807) is 14.1 Å². The van der Waals surface area contributed by atoms with Crippen LogP contribution in [-0.2, 0) is 9.59 Å². The lowest BCUT2D eigenvalue weighted by Crippen LogP contribution is -2.36. The van der Waals surface area contributed by atoms with Crippen LogP contribution in [0.2, 0.25) is 0 Å². The van der Waals surface area contributed by atoms with E-state index in [4.69, 9.17) is 4.42 Å². The summed E-state index contributed by atoms with van der Waals surface area (Å²) in [6.45, 7) is 1.94. The van der Waals surface area contributed by atoms with E-state index in [2.05, 4.69) is 15.5 Å². The Morgan fingerprint density at radius 2 is 2.00 bits per heavy atom. The van der Waals surface area contributed by atoms with Gasteiger partial charge in [-0.05, 0) is 18.6 Å². The molecule has 1 heterocycles. The number of carbonyl (C=O) groups is 2. The molecule has 1 aromatic carbocycles. The lowest BCUT2D eigenvalue weighted by Gasteiger charge is -2.10. The molecule has 0 spiro atoms. The monoisotopic (exact) mass is 334 g/mol. The van der Waals surface area contributed by atoms with Crippen LogP contribution in [0.1, 0.15) is 5.56 Å². The quantitative estimate of drug-likeness (QED) is 0.802. The van der Waals surface area contributed by atoms with Gasteiger partial charge in [0.05, 0.1) is 12.3 Å². The van der Waals surface area contributed by atoms with E-state index in [1.807, 2.05) is 31.2 Å². The fourth-order valence-electron chi connectivity index (χ4n) is 1.70. The number of thioether (sulfide) groups is 1. The number of aryl methyl sites for hydroxylation is 1. The van der Waals surface area contributed by atoms with E-state index in [0.717, 1.165) is 22.9 Å². The first-order valence-corrected chi connectivity index (χ1v) is 7.95. The van der Waals surface area contributed by atoms with Crippen LogP contribution in [0.4, 0.5) is 0 Å². The second-order valence-electron chi connectivity index (χ2n) is 5.04. The highest BCUT2D eigenvalue weighted by Gasteiger charge is 2.13. The van der Waals surface area contributed by atoms with Crippen LogP contribution in [0, 0.1) is 6.92 Å². The van der Waals surface area contributed by atoms with Gasteiger partial charge < -0.3 is 14.6 Å². The van der Waals surface area contributed by atoms with E-state index >= 15 is 0 Å². The Morgan fingerprint density at radius 1 is 1.26 bits per heavy atom. The van der Waals surface area contributed by atoms with Crippen LogP contribution < -0.4 is 5.32 Å². The molecule has 0 aliphatic rings. The highest BCUT2D eigenvalue weighted by molar-refractivity contribution is 7.99. The second kappa shape index (κ2) is 7.77. The Labute approximate surface area is 138 Å². The number of nitrogens with zero attached hydrogens (tertiary/aromatic N) is 3. The minimum Gasteiger partial charge on any atom is -0.411 e. The SMILES string of the molecule is Cc1ccccc1-c1nnc(SCC(=O)NCC(=O)N(C)C)o1. The molecule has 2 rings (SSSR count). The molecule has 0 fully saturated rings. The number of likely N-dealkylation sites (N-methyl/N-ethyl adjacent to an activating group) is 1. The Bertz CT molecular complexity index is 700. The average Bonchev–Trinajstić information content (AvgIpc) is 2.99. The van der Waals surface area contributed by atoms with Crippen molar-refractivity contribution in [2.45, 2.75) is 12.1 Å². The molecule has 0 saturated carbocycles. The molecule has 8 heteroatoms. The van der Waals surface area contributed by atoms with E-state index in [1.165, 1.54) is 4.90 Å². The van der Waals surface area contributed by atoms with E-state index in [9.17, 15) is 9.59 Å². The van der Waals surface area contributed by atoms with Crippen molar-refractivity contribution in [2.24, 2.45) is 0 Å². The molecule has 122 valence electrons. The molecule has 2 amide bonds. The van der Waals surface area contributed by atoms with E-state index < -0.39 is 0 Å². The minimum atomic E-state index is -0.263. The predicted octanol–water partition coefficient (Wildman–Crippen LogP) is 1.34. The third kappa shape index (κ3) is 4.82. The van der Waals surface area contributed by atoms with Gasteiger partial charge in [-0.2, -0.15) is 0 Å². The van der Waals surface area contributed by atoms with Gasteiger partial charge in [0, 0.05) is 19.7 Å². The summed E-state index contributed by atoms with van der Waals surface area (Å²) in [5.74, 6) is 0.105. The third-order valence-corrected chi connectivity index (χ3v) is 3.86. The summed E-state index contributed by atoms with van der Waals surface area (Å²) in [5.41, 5.74) is 1.90. The molecule has 7 nitrogen and oxygen atoms in total. The molecule has 0 atom stereocenters. The smallest absolute Gasteiger partial charge is 0.277 e. The molecule has 0 saturated heterocycles. The number of benzene rings is 1. The molecule has 0 aliphatic heterocycles. The summed E-state index contributed by atoms with van der Waals surface area (Å²) >= 11 is 1.13. The van der Waals surface area contributed by atoms with Crippen molar-refractivity contribution in [3.8, 4) is 11.5 Å². The molecule has 2 aromatic rings. The molecule has 1 N–H and O–H groups in total. The van der Waals surface area contributed by atoms with Crippen LogP contribution in [0.15, 0.2) is 33.9 Å². The van der Waals surface area contributed by atoms with E-state index in [-0.39, 0.29) is 24.1 Å². The lowest BCUT2D eigenvalue weighted by atomic mass is 10.1. The topological polar surface area (TPSA) is 88.3 Å². The first-order chi connectivity index (χ1) is 11.0. The molecular formula is C15H18N4O3S. The van der Waals surface area contributed by atoms with Gasteiger partial charge in [0.2, 0.25) is 17.7 Å². The minimum absolute atomic E-state index is 0.0231. The maximum absolute atomic E-state index is 11.7. The van der Waals surface area contributed by atoms with Gasteiger partial charge in [-0.3, -0.25) is 9.59 Å². The number of amides is 2. The normalized spacial score (nSPS) is 10.4. The number of hydrogen-bond donors (Lipinski definition) is 1. The van der Waals surface area contributed by atoms with Crippen LogP contribution in [0.3, 0.4) is 0 Å². The zero-order valence-electron chi connectivity index (χ0n) is 13.2. The molecular weight excluding hydrogens is 316 g/mol. The van der Waals surface area contributed by atoms with Gasteiger partial charge in [-0.1, -0.05) is 30.0 Å². The number of hydrogen-bond acceptors (Lipinski definition) is 6. The molecule has 0 bridgehead atoms. The Kier molecular flexibility index (Phi) is 5.75. The molecule has 23 heavy (non-hydrogen) atoms. The zero-order valence-corrected chi connectivity index (χ0v) is 14.0. The predicted molar refractivity (Wildman–Crippen MR) is 86.9 cm³/mol. The Morgan fingerprint density at radius 3 is 2.70 bits per heavy atom. The van der Waals surface area contributed by atoms with Crippen LogP contribution >= 0.6 is 11.8 Å². The maximum atomic E-state index is 11.7. The fourth-order valence-corrected chi connectivity index (χ4v) is 2.29. The van der Waals surface area contributed by atoms with Crippen molar-refractivity contribution in [1.82, 2.24) is 20.4 Å². The first kappa shape index (κ1) is 17.0. The molecule has 0 aliphatic carbocycles. The summed E-state index contributed by atoms with van der Waals surface area (Å²) in [6.07, 6.45) is 0. The lowest BCUT2D eigenvalue weighted by molar-refractivity contribution is -0.130. The van der Waals surface area contributed by atoms with Gasteiger partial charge in [-0.25, -0.2) is 0 Å². The summed E-state index contributed by atoms with van der Waals surface area (Å²) in [4.78, 5) is 24.5. The van der Waals surface area contributed by atoms with Gasteiger partial charge in [0.25, 0.3) is 5.22 Å². The highest BCUT2D eigenvalue weighted by atomic mass is 32.2. The third-order valence-electron chi connectivity index (χ3n) is 3.04. The van der Waals surface area contributed by atoms with Crippen molar-refractivity contribution in [1.29, 1.82) is 0 Å². The summed E-state index contributed by atoms with van der Waals surface area (Å²) < 4.78 is 5.55. The van der Waals surface area contributed by atoms with E-state index in [0.29, 0.717) is 11.1 Å². The van der Waals surface area contributed by atoms with Crippen molar-refractivity contribution in [3.63, 3.8) is 0 Å². The van der Waals surface area contributed by atoms with Crippen molar-refractivity contribution >= 4 is 23.6 Å². The molecule has 0 radical (unpaired) electrons. The Hall–Kier alpha value is -2.35. The van der Waals surface area contributed by atoms with Crippen molar-refractivity contribution < 1.29 is 14.0 Å². The number of carbonyl (C=O) groups excluding carboxylic acids is 2. The number of aromatic nitrogens is 2. The Balaban J connectivity index is 1.87. The van der Waals surface area contributed by atoms with Crippen LogP contribution in [-0.4, -0.2) is 53.3 Å². The fraction of sp³-hybridized carbons (Fsp3) is 0.333. The number of nitrogens with one attached hydrogen (secondary N) is 1. The molecule has 0 unspecified atom stereocenters. The van der Waals surface area contributed by atoms with Crippen molar-refractivity contribution in [2.75, 3.05) is 26.4 Å². The highest BCUT2D eigenvalue weighted by Crippen LogP contribution is 2.25. The number of rotatable bonds is 6. The van der Waals surface area contributed by atoms with Crippen LogP contribution in [0.25, 0.3) is 11.5 Å². The summed E-state index contributed by atoms with van der Waals surface area (Å²) in [6, 6.07) is 7.69. The summed E-state index contributed by atoms with van der Waals surface area (Å²) in [7, 11) is 3.27. The van der Waals surface area contributed by atoms with Gasteiger partial charge in [0.1, 0.15) is 0 Å². The van der Waals surface area contributed by atoms with Gasteiger partial charge >= 0.3 is 0 Å². The zero-order chi connectivity index (χ0) is 16.8. The maximum Gasteiger partial charge on any atom is 0.277 e. The van der Waals surface area contributed by atoms with Gasteiger partial charge in [0.15, 0.2) is 0 Å². The van der Waals surface area contributed by atoms with Crippen LogP contribution in [0.5, 0.6) is 0 Å². The van der Waals surface area contributed by atoms with Crippen molar-refractivity contribution in [3.05, 3.63) is 29.8 Å². The summed E-state index contributed by atoms with van der Waals surface area (Å²) in [5, 5.41) is 10.8. The standard InChI is InChI=1S/C15H18N4O3S/c1-10-6-4-5-7-11(10)14-17-18-15(22-14)23-9-12(20)16-8-13(21)19(2)3/h4-7H,8-9H2,1-3H3,(H,16,20).